The predicted octanol–water partition coefficient (Wildman–Crippen LogP) is 3.07. The Morgan fingerprint density at radius 3 is 2.48 bits per heavy atom. The number of hydrogen-bond donors (Lipinski definition) is 2. The first kappa shape index (κ1) is 20.0. The molecule has 0 bridgehead atoms. The van der Waals surface area contributed by atoms with Crippen molar-refractivity contribution in [3.8, 4) is 22.8 Å². The predicted molar refractivity (Wildman–Crippen MR) is 106 cm³/mol. The van der Waals surface area contributed by atoms with Crippen molar-refractivity contribution in [3.63, 3.8) is 0 Å². The summed E-state index contributed by atoms with van der Waals surface area (Å²) in [6, 6.07) is 6.48. The van der Waals surface area contributed by atoms with Crippen LogP contribution in [0.2, 0.25) is 5.02 Å². The molecule has 2 N–H and O–H groups in total. The van der Waals surface area contributed by atoms with Gasteiger partial charge in [0, 0.05) is 6.07 Å². The Kier molecular flexibility index (Phi) is 5.55. The van der Waals surface area contributed by atoms with E-state index in [0.717, 1.165) is 0 Å². The lowest BCUT2D eigenvalue weighted by Crippen LogP contribution is -2.25. The Morgan fingerprint density at radius 2 is 1.83 bits per heavy atom. The van der Waals surface area contributed by atoms with Crippen molar-refractivity contribution < 1.29 is 18.8 Å². The Morgan fingerprint density at radius 1 is 1.10 bits per heavy atom. The van der Waals surface area contributed by atoms with E-state index in [1.54, 1.807) is 24.3 Å². The van der Waals surface area contributed by atoms with Crippen LogP contribution in [0.25, 0.3) is 23.5 Å². The Labute approximate surface area is 167 Å². The molecule has 29 heavy (non-hydrogen) atoms. The molecule has 0 atom stereocenters. The number of nitrogens with zero attached hydrogens (tertiary/aromatic N) is 1. The zero-order valence-electron chi connectivity index (χ0n) is 15.1. The third-order valence-electron chi connectivity index (χ3n) is 3.91. The van der Waals surface area contributed by atoms with Gasteiger partial charge in [-0.15, -0.1) is 0 Å². The zero-order valence-corrected chi connectivity index (χ0v) is 15.9. The summed E-state index contributed by atoms with van der Waals surface area (Å²) in [7, 11) is 2.96. The molecule has 0 aliphatic rings. The molecule has 1 aromatic carbocycles. The maximum absolute atomic E-state index is 11.7. The standard InChI is InChI=1S/C18H14ClN3O7/c1-27-14-8-11(19)15(28-2)7-10(14)13-6-4-9(29-13)3-5-12-16(22(25)26)17(23)21-18(24)20-12/h3-8H,1-2H3,(H2,20,21,23,24). The Bertz CT molecular complexity index is 1220. The minimum atomic E-state index is -1.10. The van der Waals surface area contributed by atoms with Crippen molar-refractivity contribution in [3.05, 3.63) is 71.7 Å². The first-order valence-electron chi connectivity index (χ1n) is 8.05. The maximum Gasteiger partial charge on any atom is 0.357 e. The number of aromatic amines is 2. The van der Waals surface area contributed by atoms with E-state index in [1.165, 1.54) is 26.4 Å². The average Bonchev–Trinajstić information content (AvgIpc) is 3.14. The SMILES string of the molecule is COc1cc(-c2ccc(C=Cc3[nH]c(=O)[nH]c(=O)c3[N+](=O)[O-])o2)c(OC)cc1Cl. The van der Waals surface area contributed by atoms with E-state index in [2.05, 4.69) is 4.98 Å². The quantitative estimate of drug-likeness (QED) is 0.462. The summed E-state index contributed by atoms with van der Waals surface area (Å²) in [6.07, 6.45) is 2.58. The second kappa shape index (κ2) is 8.07. The summed E-state index contributed by atoms with van der Waals surface area (Å²) in [5.74, 6) is 1.61. The van der Waals surface area contributed by atoms with Crippen LogP contribution in [-0.2, 0) is 0 Å². The molecule has 0 radical (unpaired) electrons. The van der Waals surface area contributed by atoms with Crippen molar-refractivity contribution in [2.24, 2.45) is 0 Å². The highest BCUT2D eigenvalue weighted by atomic mass is 35.5. The number of halogens is 1. The molecule has 0 aliphatic heterocycles. The number of furan rings is 1. The highest BCUT2D eigenvalue weighted by Gasteiger charge is 2.19. The van der Waals surface area contributed by atoms with E-state index < -0.39 is 21.9 Å². The highest BCUT2D eigenvalue weighted by Crippen LogP contribution is 2.39. The van der Waals surface area contributed by atoms with Gasteiger partial charge in [0.1, 0.15) is 28.7 Å². The smallest absolute Gasteiger partial charge is 0.357 e. The lowest BCUT2D eigenvalue weighted by Gasteiger charge is -2.10. The Hall–Kier alpha value is -3.79. The molecule has 150 valence electrons. The van der Waals surface area contributed by atoms with Gasteiger partial charge in [0.2, 0.25) is 0 Å². The molecule has 2 aromatic heterocycles. The van der Waals surface area contributed by atoms with Crippen molar-refractivity contribution in [2.75, 3.05) is 14.2 Å². The summed E-state index contributed by atoms with van der Waals surface area (Å²) >= 11 is 6.10. The molecular formula is C18H14ClN3O7. The van der Waals surface area contributed by atoms with Crippen LogP contribution in [0.15, 0.2) is 38.3 Å². The van der Waals surface area contributed by atoms with Crippen LogP contribution >= 0.6 is 11.6 Å². The molecule has 0 fully saturated rings. The molecule has 10 nitrogen and oxygen atoms in total. The molecule has 0 spiro atoms. The van der Waals surface area contributed by atoms with Gasteiger partial charge in [0.05, 0.1) is 29.7 Å². The zero-order chi connectivity index (χ0) is 21.1. The molecule has 0 saturated heterocycles. The molecule has 3 rings (SSSR count). The number of ether oxygens (including phenoxy) is 2. The lowest BCUT2D eigenvalue weighted by atomic mass is 10.1. The van der Waals surface area contributed by atoms with E-state index in [-0.39, 0.29) is 5.69 Å². The van der Waals surface area contributed by atoms with Crippen LogP contribution in [-0.4, -0.2) is 29.1 Å². The van der Waals surface area contributed by atoms with Gasteiger partial charge in [0.15, 0.2) is 0 Å². The van der Waals surface area contributed by atoms with Crippen LogP contribution in [0, 0.1) is 10.1 Å². The van der Waals surface area contributed by atoms with Gasteiger partial charge in [0.25, 0.3) is 0 Å². The average molecular weight is 420 g/mol. The van der Waals surface area contributed by atoms with Crippen LogP contribution in [0.1, 0.15) is 11.5 Å². The molecule has 0 saturated carbocycles. The number of nitrogens with one attached hydrogen (secondary N) is 2. The molecule has 0 amide bonds. The van der Waals surface area contributed by atoms with Crippen LogP contribution in [0.5, 0.6) is 11.5 Å². The molecule has 0 unspecified atom stereocenters. The first-order valence-corrected chi connectivity index (χ1v) is 8.42. The monoisotopic (exact) mass is 419 g/mol. The summed E-state index contributed by atoms with van der Waals surface area (Å²) < 4.78 is 16.2. The summed E-state index contributed by atoms with van der Waals surface area (Å²) in [4.78, 5) is 37.3. The highest BCUT2D eigenvalue weighted by molar-refractivity contribution is 6.32. The van der Waals surface area contributed by atoms with Crippen molar-refractivity contribution >= 4 is 29.4 Å². The number of nitro groups is 1. The minimum absolute atomic E-state index is 0.257. The fourth-order valence-corrected chi connectivity index (χ4v) is 2.84. The molecule has 0 aliphatic carbocycles. The van der Waals surface area contributed by atoms with Gasteiger partial charge in [-0.2, -0.15) is 0 Å². The fraction of sp³-hybridized carbons (Fsp3) is 0.111. The van der Waals surface area contributed by atoms with Crippen LogP contribution < -0.4 is 20.7 Å². The summed E-state index contributed by atoms with van der Waals surface area (Å²) in [5.41, 5.74) is -2.43. The third-order valence-corrected chi connectivity index (χ3v) is 4.20. The number of benzene rings is 1. The number of aromatic nitrogens is 2. The normalized spacial score (nSPS) is 11.0. The summed E-state index contributed by atoms with van der Waals surface area (Å²) in [6.45, 7) is 0. The van der Waals surface area contributed by atoms with E-state index in [0.29, 0.717) is 33.6 Å². The molecular weight excluding hydrogens is 406 g/mol. The second-order valence-electron chi connectivity index (χ2n) is 5.65. The van der Waals surface area contributed by atoms with Crippen LogP contribution in [0.4, 0.5) is 5.69 Å². The topological polar surface area (TPSA) is 140 Å². The lowest BCUT2D eigenvalue weighted by molar-refractivity contribution is -0.386. The van der Waals surface area contributed by atoms with Crippen molar-refractivity contribution in [2.45, 2.75) is 0 Å². The number of hydrogen-bond acceptors (Lipinski definition) is 7. The van der Waals surface area contributed by atoms with E-state index in [9.17, 15) is 19.7 Å². The van der Waals surface area contributed by atoms with Gasteiger partial charge in [-0.25, -0.2) is 4.79 Å². The van der Waals surface area contributed by atoms with Gasteiger partial charge in [-0.3, -0.25) is 19.9 Å². The van der Waals surface area contributed by atoms with Crippen LogP contribution in [0.3, 0.4) is 0 Å². The third kappa shape index (κ3) is 4.06. The van der Waals surface area contributed by atoms with E-state index in [4.69, 9.17) is 25.5 Å². The van der Waals surface area contributed by atoms with Gasteiger partial charge in [-0.1, -0.05) is 11.6 Å². The fourth-order valence-electron chi connectivity index (χ4n) is 2.60. The molecule has 11 heteroatoms. The van der Waals surface area contributed by atoms with Gasteiger partial charge in [-0.05, 0) is 30.4 Å². The van der Waals surface area contributed by atoms with E-state index >= 15 is 0 Å². The summed E-state index contributed by atoms with van der Waals surface area (Å²) in [5, 5.41) is 11.4. The maximum atomic E-state index is 11.7. The molecule has 2 heterocycles. The first-order chi connectivity index (χ1) is 13.8. The number of rotatable bonds is 6. The van der Waals surface area contributed by atoms with Crippen molar-refractivity contribution in [1.29, 1.82) is 0 Å². The second-order valence-corrected chi connectivity index (χ2v) is 6.06. The molecule has 3 aromatic rings. The minimum Gasteiger partial charge on any atom is -0.496 e. The Balaban J connectivity index is 2.00. The van der Waals surface area contributed by atoms with Gasteiger partial charge < -0.3 is 18.9 Å². The van der Waals surface area contributed by atoms with E-state index in [1.807, 2.05) is 4.98 Å². The van der Waals surface area contributed by atoms with Crippen molar-refractivity contribution in [1.82, 2.24) is 9.97 Å². The number of H-pyrrole nitrogens is 2. The largest absolute Gasteiger partial charge is 0.496 e. The number of methoxy groups -OCH3 is 2. The van der Waals surface area contributed by atoms with Gasteiger partial charge >= 0.3 is 16.9 Å².